The number of nitrogens with zero attached hydrogens (tertiary/aromatic N) is 3. The fourth-order valence-electron chi connectivity index (χ4n) is 3.49. The summed E-state index contributed by atoms with van der Waals surface area (Å²) >= 11 is 0. The lowest BCUT2D eigenvalue weighted by atomic mass is 10.1. The number of aromatic nitrogens is 3. The van der Waals surface area contributed by atoms with E-state index in [0.717, 1.165) is 16.9 Å². The summed E-state index contributed by atoms with van der Waals surface area (Å²) in [6, 6.07) is 13.1. The normalized spacial score (nSPS) is 15.1. The van der Waals surface area contributed by atoms with E-state index in [1.807, 2.05) is 30.3 Å². The average molecular weight is 424 g/mol. The minimum atomic E-state index is -0.322. The largest absolute Gasteiger partial charge is 0.497 e. The topological polar surface area (TPSA) is 96.7 Å². The molecule has 162 valence electrons. The van der Waals surface area contributed by atoms with E-state index in [2.05, 4.69) is 15.6 Å². The summed E-state index contributed by atoms with van der Waals surface area (Å²) in [5, 5.41) is 11.1. The minimum absolute atomic E-state index is 0.169. The molecule has 0 spiro atoms. The third-order valence-corrected chi connectivity index (χ3v) is 5.23. The summed E-state index contributed by atoms with van der Waals surface area (Å²) in [5.41, 5.74) is 2.72. The van der Waals surface area contributed by atoms with E-state index < -0.39 is 0 Å². The van der Waals surface area contributed by atoms with Crippen LogP contribution in [0.25, 0.3) is 0 Å². The number of amides is 1. The molecule has 1 aliphatic heterocycles. The highest BCUT2D eigenvalue weighted by molar-refractivity contribution is 5.93. The van der Waals surface area contributed by atoms with Crippen LogP contribution in [-0.4, -0.2) is 42.2 Å². The maximum atomic E-state index is 12.8. The van der Waals surface area contributed by atoms with Crippen molar-refractivity contribution in [3.63, 3.8) is 0 Å². The Hall–Kier alpha value is -3.59. The van der Waals surface area contributed by atoms with Gasteiger partial charge >= 0.3 is 0 Å². The smallest absolute Gasteiger partial charge is 0.274 e. The summed E-state index contributed by atoms with van der Waals surface area (Å²) in [4.78, 5) is 12.8. The van der Waals surface area contributed by atoms with Gasteiger partial charge in [-0.1, -0.05) is 17.3 Å². The summed E-state index contributed by atoms with van der Waals surface area (Å²) in [6.07, 6.45) is -0.169. The fraction of sp³-hybridized carbons (Fsp3) is 0.318. The molecule has 0 bridgehead atoms. The Morgan fingerprint density at radius 3 is 2.55 bits per heavy atom. The molecule has 0 radical (unpaired) electrons. The van der Waals surface area contributed by atoms with Crippen LogP contribution in [0.1, 0.15) is 33.4 Å². The monoisotopic (exact) mass is 424 g/mol. The number of hydrogen-bond acceptors (Lipinski definition) is 7. The van der Waals surface area contributed by atoms with E-state index in [-0.39, 0.29) is 30.9 Å². The molecule has 9 heteroatoms. The van der Waals surface area contributed by atoms with E-state index in [4.69, 9.17) is 18.9 Å². The molecule has 2 heterocycles. The average Bonchev–Trinajstić information content (AvgIpc) is 3.25. The molecular formula is C22H24N4O5. The summed E-state index contributed by atoms with van der Waals surface area (Å²) in [6.45, 7) is 0.988. The maximum Gasteiger partial charge on any atom is 0.274 e. The number of fused-ring (bicyclic) bond motifs is 1. The molecule has 1 aromatic heterocycles. The summed E-state index contributed by atoms with van der Waals surface area (Å²) in [7, 11) is 4.80. The van der Waals surface area contributed by atoms with E-state index >= 15 is 0 Å². The van der Waals surface area contributed by atoms with Crippen LogP contribution in [0, 0.1) is 0 Å². The highest BCUT2D eigenvalue weighted by atomic mass is 16.5. The zero-order valence-electron chi connectivity index (χ0n) is 17.6. The van der Waals surface area contributed by atoms with Gasteiger partial charge in [0.15, 0.2) is 5.69 Å². The van der Waals surface area contributed by atoms with Gasteiger partial charge in [-0.25, -0.2) is 4.68 Å². The number of benzene rings is 2. The van der Waals surface area contributed by atoms with Gasteiger partial charge in [0.1, 0.15) is 23.4 Å². The number of ether oxygens (including phenoxy) is 4. The number of hydrogen-bond donors (Lipinski definition) is 1. The molecule has 2 aromatic carbocycles. The van der Waals surface area contributed by atoms with Crippen LogP contribution in [0.15, 0.2) is 42.5 Å². The molecular weight excluding hydrogens is 400 g/mol. The van der Waals surface area contributed by atoms with Crippen LogP contribution in [-0.2, 0) is 24.4 Å². The predicted molar refractivity (Wildman–Crippen MR) is 111 cm³/mol. The predicted octanol–water partition coefficient (Wildman–Crippen LogP) is 2.51. The quantitative estimate of drug-likeness (QED) is 0.622. The van der Waals surface area contributed by atoms with Crippen molar-refractivity contribution >= 4 is 5.91 Å². The van der Waals surface area contributed by atoms with Crippen LogP contribution in [0.4, 0.5) is 0 Å². The molecule has 1 N–H and O–H groups in total. The van der Waals surface area contributed by atoms with Crippen LogP contribution in [0.3, 0.4) is 0 Å². The molecule has 1 amide bonds. The fourth-order valence-corrected chi connectivity index (χ4v) is 3.49. The molecule has 31 heavy (non-hydrogen) atoms. The lowest BCUT2D eigenvalue weighted by molar-refractivity contribution is -0.00179. The van der Waals surface area contributed by atoms with Crippen molar-refractivity contribution in [2.75, 3.05) is 21.3 Å². The molecule has 0 fully saturated rings. The van der Waals surface area contributed by atoms with Gasteiger partial charge in [-0.05, 0) is 35.9 Å². The number of rotatable bonds is 7. The molecule has 0 unspecified atom stereocenters. The molecule has 1 atom stereocenters. The molecule has 1 aliphatic rings. The molecule has 9 nitrogen and oxygen atoms in total. The molecule has 3 aromatic rings. The number of methoxy groups -OCH3 is 3. The zero-order valence-corrected chi connectivity index (χ0v) is 17.6. The summed E-state index contributed by atoms with van der Waals surface area (Å²) < 4.78 is 23.5. The Bertz CT molecular complexity index is 1060. The first-order valence-electron chi connectivity index (χ1n) is 9.80. The molecule has 0 aliphatic carbocycles. The second-order valence-corrected chi connectivity index (χ2v) is 7.00. The van der Waals surface area contributed by atoms with Crippen molar-refractivity contribution in [3.05, 3.63) is 65.0 Å². The standard InChI is InChI=1S/C22H24N4O5/c1-28-16-6-4-14(5-7-16)20-12-26-18(13-31-20)21(24-25-26)22(27)23-11-15-10-17(29-2)8-9-19(15)30-3/h4-10,20H,11-13H2,1-3H3,(H,23,27)/t20-/m0/s1. The number of nitrogens with one attached hydrogen (secondary N) is 1. The first-order chi connectivity index (χ1) is 15.1. The van der Waals surface area contributed by atoms with Gasteiger partial charge in [0, 0.05) is 12.1 Å². The Balaban J connectivity index is 1.44. The molecule has 4 rings (SSSR count). The zero-order chi connectivity index (χ0) is 21.8. The third-order valence-electron chi connectivity index (χ3n) is 5.23. The SMILES string of the molecule is COc1ccc([C@@H]2Cn3nnc(C(=O)NCc4cc(OC)ccc4OC)c3CO2)cc1. The van der Waals surface area contributed by atoms with Crippen LogP contribution >= 0.6 is 0 Å². The second kappa shape index (κ2) is 9.05. The Labute approximate surface area is 179 Å². The van der Waals surface area contributed by atoms with E-state index in [9.17, 15) is 4.79 Å². The van der Waals surface area contributed by atoms with Gasteiger partial charge in [-0.2, -0.15) is 0 Å². The van der Waals surface area contributed by atoms with Gasteiger partial charge in [-0.15, -0.1) is 5.10 Å². The molecule has 0 saturated heterocycles. The van der Waals surface area contributed by atoms with Gasteiger partial charge in [0.25, 0.3) is 5.91 Å². The van der Waals surface area contributed by atoms with Crippen molar-refractivity contribution in [2.45, 2.75) is 25.8 Å². The van der Waals surface area contributed by atoms with Gasteiger partial charge in [0.05, 0.1) is 40.2 Å². The Kier molecular flexibility index (Phi) is 6.03. The number of carbonyl (C=O) groups is 1. The van der Waals surface area contributed by atoms with Gasteiger partial charge in [0.2, 0.25) is 0 Å². The van der Waals surface area contributed by atoms with Crippen molar-refractivity contribution in [1.29, 1.82) is 0 Å². The van der Waals surface area contributed by atoms with Crippen molar-refractivity contribution in [3.8, 4) is 17.2 Å². The van der Waals surface area contributed by atoms with Crippen molar-refractivity contribution in [2.24, 2.45) is 0 Å². The maximum absolute atomic E-state index is 12.8. The van der Waals surface area contributed by atoms with Crippen molar-refractivity contribution < 1.29 is 23.7 Å². The van der Waals surface area contributed by atoms with Crippen molar-refractivity contribution in [1.82, 2.24) is 20.3 Å². The van der Waals surface area contributed by atoms with Crippen LogP contribution < -0.4 is 19.5 Å². The first-order valence-corrected chi connectivity index (χ1v) is 9.80. The Morgan fingerprint density at radius 1 is 1.10 bits per heavy atom. The summed E-state index contributed by atoms with van der Waals surface area (Å²) in [5.74, 6) is 1.81. The highest BCUT2D eigenvalue weighted by Gasteiger charge is 2.27. The first kappa shape index (κ1) is 20.7. The Morgan fingerprint density at radius 2 is 1.84 bits per heavy atom. The van der Waals surface area contributed by atoms with E-state index in [0.29, 0.717) is 23.7 Å². The van der Waals surface area contributed by atoms with Crippen LogP contribution in [0.5, 0.6) is 17.2 Å². The van der Waals surface area contributed by atoms with Gasteiger partial charge < -0.3 is 24.3 Å². The van der Waals surface area contributed by atoms with Crippen LogP contribution in [0.2, 0.25) is 0 Å². The second-order valence-electron chi connectivity index (χ2n) is 7.00. The van der Waals surface area contributed by atoms with Gasteiger partial charge in [-0.3, -0.25) is 4.79 Å². The lowest BCUT2D eigenvalue weighted by Gasteiger charge is -2.24. The van der Waals surface area contributed by atoms with E-state index in [1.165, 1.54) is 0 Å². The lowest BCUT2D eigenvalue weighted by Crippen LogP contribution is -2.27. The molecule has 0 saturated carbocycles. The third kappa shape index (κ3) is 4.31. The highest BCUT2D eigenvalue weighted by Crippen LogP contribution is 2.28. The number of carbonyl (C=O) groups excluding carboxylic acids is 1. The van der Waals surface area contributed by atoms with E-state index in [1.54, 1.807) is 38.1 Å². The minimum Gasteiger partial charge on any atom is -0.497 e.